The van der Waals surface area contributed by atoms with Crippen molar-refractivity contribution in [2.24, 2.45) is 0 Å². The fourth-order valence-corrected chi connectivity index (χ4v) is 1.97. The van der Waals surface area contributed by atoms with Crippen LogP contribution in [0.1, 0.15) is 19.0 Å². The second kappa shape index (κ2) is 3.99. The van der Waals surface area contributed by atoms with Crippen LogP contribution in [0.15, 0.2) is 12.1 Å². The number of rotatable bonds is 2. The van der Waals surface area contributed by atoms with Crippen molar-refractivity contribution in [3.63, 3.8) is 0 Å². The Morgan fingerprint density at radius 1 is 1.53 bits per heavy atom. The minimum absolute atomic E-state index is 0.0296. The van der Waals surface area contributed by atoms with Crippen molar-refractivity contribution in [1.29, 1.82) is 0 Å². The average Bonchev–Trinajstić information content (AvgIpc) is 2.65. The van der Waals surface area contributed by atoms with E-state index in [4.69, 9.17) is 21.1 Å². The molecule has 1 atom stereocenters. The predicted molar refractivity (Wildman–Crippen MR) is 58.6 cm³/mol. The van der Waals surface area contributed by atoms with E-state index in [1.54, 1.807) is 13.2 Å². The first-order chi connectivity index (χ1) is 7.14. The van der Waals surface area contributed by atoms with Crippen LogP contribution in [-0.2, 0) is 10.2 Å². The van der Waals surface area contributed by atoms with E-state index in [1.165, 1.54) is 0 Å². The first kappa shape index (κ1) is 10.7. The van der Waals surface area contributed by atoms with Gasteiger partial charge in [-0.15, -0.1) is 0 Å². The van der Waals surface area contributed by atoms with Crippen LogP contribution < -0.4 is 4.74 Å². The second-order valence-electron chi connectivity index (χ2n) is 4.08. The molecule has 1 aromatic heterocycles. The minimum Gasteiger partial charge on any atom is -0.497 e. The maximum atomic E-state index is 5.94. The van der Waals surface area contributed by atoms with Crippen LogP contribution in [0.2, 0.25) is 5.15 Å². The quantitative estimate of drug-likeness (QED) is 0.728. The predicted octanol–water partition coefficient (Wildman–Crippen LogP) is 2.42. The van der Waals surface area contributed by atoms with Gasteiger partial charge in [-0.2, -0.15) is 0 Å². The maximum absolute atomic E-state index is 5.94. The third-order valence-electron chi connectivity index (χ3n) is 2.84. The molecule has 0 radical (unpaired) electrons. The number of hydrogen-bond donors (Lipinski definition) is 0. The molecule has 1 aliphatic heterocycles. The third-order valence-corrected chi connectivity index (χ3v) is 3.03. The first-order valence-corrected chi connectivity index (χ1v) is 5.32. The first-order valence-electron chi connectivity index (χ1n) is 4.94. The normalized spacial score (nSPS) is 25.5. The summed E-state index contributed by atoms with van der Waals surface area (Å²) < 4.78 is 10.6. The van der Waals surface area contributed by atoms with Gasteiger partial charge in [0.25, 0.3) is 0 Å². The van der Waals surface area contributed by atoms with E-state index in [0.29, 0.717) is 11.8 Å². The molecule has 0 unspecified atom stereocenters. The molecule has 0 N–H and O–H groups in total. The molecule has 4 heteroatoms. The Morgan fingerprint density at radius 3 is 2.93 bits per heavy atom. The summed E-state index contributed by atoms with van der Waals surface area (Å²) in [7, 11) is 1.63. The second-order valence-corrected chi connectivity index (χ2v) is 4.47. The van der Waals surface area contributed by atoms with Crippen molar-refractivity contribution < 1.29 is 9.47 Å². The van der Waals surface area contributed by atoms with Gasteiger partial charge in [0.05, 0.1) is 19.4 Å². The van der Waals surface area contributed by atoms with Gasteiger partial charge in [0, 0.05) is 24.2 Å². The summed E-state index contributed by atoms with van der Waals surface area (Å²) in [4.78, 5) is 4.34. The third kappa shape index (κ3) is 2.08. The van der Waals surface area contributed by atoms with Crippen LogP contribution in [0.3, 0.4) is 0 Å². The molecule has 2 rings (SSSR count). The minimum atomic E-state index is -0.0296. The molecule has 0 bridgehead atoms. The van der Waals surface area contributed by atoms with Gasteiger partial charge in [-0.05, 0) is 6.42 Å². The van der Waals surface area contributed by atoms with Gasteiger partial charge in [-0.3, -0.25) is 0 Å². The number of aromatic nitrogens is 1. The van der Waals surface area contributed by atoms with Gasteiger partial charge < -0.3 is 9.47 Å². The van der Waals surface area contributed by atoms with Gasteiger partial charge in [0.2, 0.25) is 0 Å². The fraction of sp³-hybridized carbons (Fsp3) is 0.545. The summed E-state index contributed by atoms with van der Waals surface area (Å²) in [6.45, 7) is 3.62. The van der Waals surface area contributed by atoms with Crippen LogP contribution in [0.5, 0.6) is 5.75 Å². The van der Waals surface area contributed by atoms with Crippen LogP contribution in [0, 0.1) is 0 Å². The Kier molecular flexibility index (Phi) is 2.85. The van der Waals surface area contributed by atoms with E-state index < -0.39 is 0 Å². The lowest BCUT2D eigenvalue weighted by atomic mass is 9.86. The summed E-state index contributed by atoms with van der Waals surface area (Å²) in [6.07, 6.45) is 0.976. The summed E-state index contributed by atoms with van der Waals surface area (Å²) in [5, 5.41) is 0.470. The molecule has 1 fully saturated rings. The van der Waals surface area contributed by atoms with E-state index in [0.717, 1.165) is 24.5 Å². The molecule has 2 heterocycles. The largest absolute Gasteiger partial charge is 0.497 e. The van der Waals surface area contributed by atoms with Crippen LogP contribution in [-0.4, -0.2) is 25.3 Å². The molecule has 0 saturated carbocycles. The van der Waals surface area contributed by atoms with E-state index in [-0.39, 0.29) is 5.41 Å². The Hall–Kier alpha value is -0.800. The topological polar surface area (TPSA) is 31.4 Å². The van der Waals surface area contributed by atoms with Crippen molar-refractivity contribution in [2.45, 2.75) is 18.8 Å². The molecule has 1 aliphatic rings. The number of hydrogen-bond acceptors (Lipinski definition) is 3. The van der Waals surface area contributed by atoms with E-state index in [2.05, 4.69) is 11.9 Å². The summed E-state index contributed by atoms with van der Waals surface area (Å²) in [6, 6.07) is 3.64. The highest BCUT2D eigenvalue weighted by molar-refractivity contribution is 6.29. The van der Waals surface area contributed by atoms with Crippen LogP contribution in [0.4, 0.5) is 0 Å². The fourth-order valence-electron chi connectivity index (χ4n) is 1.77. The zero-order chi connectivity index (χ0) is 10.9. The van der Waals surface area contributed by atoms with Crippen molar-refractivity contribution in [2.75, 3.05) is 20.3 Å². The number of halogens is 1. The number of ether oxygens (including phenoxy) is 2. The van der Waals surface area contributed by atoms with Crippen molar-refractivity contribution in [3.8, 4) is 5.75 Å². The highest BCUT2D eigenvalue weighted by Crippen LogP contribution is 2.33. The molecule has 1 aromatic rings. The lowest BCUT2D eigenvalue weighted by molar-refractivity contribution is 0.180. The molecule has 3 nitrogen and oxygen atoms in total. The van der Waals surface area contributed by atoms with Gasteiger partial charge >= 0.3 is 0 Å². The van der Waals surface area contributed by atoms with Gasteiger partial charge in [0.1, 0.15) is 10.9 Å². The molecular weight excluding hydrogens is 214 g/mol. The monoisotopic (exact) mass is 227 g/mol. The highest BCUT2D eigenvalue weighted by Gasteiger charge is 2.33. The number of pyridine rings is 1. The van der Waals surface area contributed by atoms with Crippen molar-refractivity contribution in [1.82, 2.24) is 4.98 Å². The average molecular weight is 228 g/mol. The molecule has 0 spiro atoms. The Balaban J connectivity index is 2.38. The molecule has 0 aromatic carbocycles. The molecule has 82 valence electrons. The molecular formula is C11H14ClNO2. The molecule has 1 saturated heterocycles. The van der Waals surface area contributed by atoms with Gasteiger partial charge in [-0.1, -0.05) is 18.5 Å². The summed E-state index contributed by atoms with van der Waals surface area (Å²) in [5.74, 6) is 0.748. The van der Waals surface area contributed by atoms with Crippen LogP contribution in [0.25, 0.3) is 0 Å². The summed E-state index contributed by atoms with van der Waals surface area (Å²) in [5.41, 5.74) is 0.919. The van der Waals surface area contributed by atoms with Crippen LogP contribution >= 0.6 is 11.6 Å². The van der Waals surface area contributed by atoms with Crippen molar-refractivity contribution in [3.05, 3.63) is 23.0 Å². The maximum Gasteiger partial charge on any atom is 0.133 e. The Morgan fingerprint density at radius 2 is 2.33 bits per heavy atom. The van der Waals surface area contributed by atoms with Gasteiger partial charge in [-0.25, -0.2) is 4.98 Å². The zero-order valence-corrected chi connectivity index (χ0v) is 9.67. The van der Waals surface area contributed by atoms with E-state index in [9.17, 15) is 0 Å². The molecule has 0 amide bonds. The number of nitrogens with zero attached hydrogens (tertiary/aromatic N) is 1. The number of methoxy groups -OCH3 is 1. The summed E-state index contributed by atoms with van der Waals surface area (Å²) >= 11 is 5.94. The standard InChI is InChI=1S/C11H14ClNO2/c1-11(3-4-15-7-11)9-5-8(14-2)6-10(12)13-9/h5-6H,3-4,7H2,1-2H3/t11-/m0/s1. The lowest BCUT2D eigenvalue weighted by Gasteiger charge is -2.21. The Bertz CT molecular complexity index is 362. The van der Waals surface area contributed by atoms with Gasteiger partial charge in [0.15, 0.2) is 0 Å². The zero-order valence-electron chi connectivity index (χ0n) is 8.92. The molecule has 15 heavy (non-hydrogen) atoms. The smallest absolute Gasteiger partial charge is 0.133 e. The van der Waals surface area contributed by atoms with E-state index in [1.807, 2.05) is 6.07 Å². The molecule has 0 aliphatic carbocycles. The SMILES string of the molecule is COc1cc(Cl)nc([C@@]2(C)CCOC2)c1. The van der Waals surface area contributed by atoms with Crippen molar-refractivity contribution >= 4 is 11.6 Å². The highest BCUT2D eigenvalue weighted by atomic mass is 35.5. The van der Waals surface area contributed by atoms with E-state index >= 15 is 0 Å². The lowest BCUT2D eigenvalue weighted by Crippen LogP contribution is -2.23. The Labute approximate surface area is 94.4 Å².